The number of nitrogens with two attached hydrogens (primary N) is 1. The van der Waals surface area contributed by atoms with Crippen LogP contribution in [-0.4, -0.2) is 5.11 Å². The number of nitrogens with zero attached hydrogens (tertiary/aromatic N) is 1. The predicted molar refractivity (Wildman–Crippen MR) is 96.1 cm³/mol. The van der Waals surface area contributed by atoms with Gasteiger partial charge in [0.25, 0.3) is 0 Å². The number of aromatic hydroxyl groups is 1. The Morgan fingerprint density at radius 3 is 2.52 bits per heavy atom. The number of ether oxygens (including phenoxy) is 1. The number of benzene rings is 3. The molecule has 0 radical (unpaired) electrons. The Bertz CT molecular complexity index is 1060. The van der Waals surface area contributed by atoms with E-state index in [-0.39, 0.29) is 17.6 Å². The summed E-state index contributed by atoms with van der Waals surface area (Å²) in [5.74, 6) is 0.574. The number of nitriles is 1. The smallest absolute Gasteiger partial charge is 0.205 e. The molecule has 4 nitrogen and oxygen atoms in total. The van der Waals surface area contributed by atoms with E-state index in [0.717, 1.165) is 27.5 Å². The number of phenols is 1. The van der Waals surface area contributed by atoms with Crippen molar-refractivity contribution in [3.05, 3.63) is 82.7 Å². The van der Waals surface area contributed by atoms with E-state index in [9.17, 15) is 10.4 Å². The molecule has 0 fully saturated rings. The van der Waals surface area contributed by atoms with Gasteiger partial charge in [-0.05, 0) is 41.5 Å². The first kappa shape index (κ1) is 15.1. The number of aryl methyl sites for hydroxylation is 1. The molecule has 0 aliphatic carbocycles. The summed E-state index contributed by atoms with van der Waals surface area (Å²) >= 11 is 0. The summed E-state index contributed by atoms with van der Waals surface area (Å²) in [5.41, 5.74) is 9.36. The lowest BCUT2D eigenvalue weighted by molar-refractivity contribution is 0.395. The molecule has 0 aromatic heterocycles. The lowest BCUT2D eigenvalue weighted by Crippen LogP contribution is -2.21. The van der Waals surface area contributed by atoms with Gasteiger partial charge in [-0.2, -0.15) is 5.26 Å². The lowest BCUT2D eigenvalue weighted by Gasteiger charge is -2.28. The topological polar surface area (TPSA) is 79.3 Å². The van der Waals surface area contributed by atoms with Crippen molar-refractivity contribution in [2.45, 2.75) is 12.8 Å². The third kappa shape index (κ3) is 2.38. The molecule has 0 saturated heterocycles. The normalized spacial score (nSPS) is 16.2. The number of hydrogen-bond donors (Lipinski definition) is 2. The van der Waals surface area contributed by atoms with Gasteiger partial charge in [-0.15, -0.1) is 0 Å². The minimum Gasteiger partial charge on any atom is -0.508 e. The molecule has 25 heavy (non-hydrogen) atoms. The Balaban J connectivity index is 2.06. The molecule has 0 amide bonds. The Labute approximate surface area is 145 Å². The van der Waals surface area contributed by atoms with Crippen LogP contribution in [0.4, 0.5) is 0 Å². The highest BCUT2D eigenvalue weighted by Crippen LogP contribution is 2.46. The summed E-state index contributed by atoms with van der Waals surface area (Å²) in [5, 5.41) is 21.5. The van der Waals surface area contributed by atoms with Gasteiger partial charge >= 0.3 is 0 Å². The highest BCUT2D eigenvalue weighted by Gasteiger charge is 2.32. The number of rotatable bonds is 1. The van der Waals surface area contributed by atoms with Gasteiger partial charge in [-0.3, -0.25) is 0 Å². The number of hydrogen-bond acceptors (Lipinski definition) is 4. The molecule has 122 valence electrons. The maximum absolute atomic E-state index is 9.96. The molecule has 1 heterocycles. The van der Waals surface area contributed by atoms with E-state index in [1.54, 1.807) is 12.1 Å². The number of phenolic OH excluding ortho intramolecular Hbond substituents is 1. The molecule has 3 aromatic rings. The van der Waals surface area contributed by atoms with Crippen LogP contribution in [0.3, 0.4) is 0 Å². The van der Waals surface area contributed by atoms with Crippen molar-refractivity contribution in [1.82, 2.24) is 0 Å². The molecule has 1 atom stereocenters. The zero-order valence-electron chi connectivity index (χ0n) is 13.7. The van der Waals surface area contributed by atoms with Gasteiger partial charge in [-0.1, -0.05) is 42.0 Å². The lowest BCUT2D eigenvalue weighted by atomic mass is 9.81. The van der Waals surface area contributed by atoms with Crippen LogP contribution in [0.2, 0.25) is 0 Å². The van der Waals surface area contributed by atoms with Gasteiger partial charge < -0.3 is 15.6 Å². The van der Waals surface area contributed by atoms with E-state index in [1.807, 2.05) is 49.4 Å². The van der Waals surface area contributed by atoms with Crippen LogP contribution in [-0.2, 0) is 0 Å². The highest BCUT2D eigenvalue weighted by atomic mass is 16.5. The summed E-state index contributed by atoms with van der Waals surface area (Å²) < 4.78 is 5.71. The first-order chi connectivity index (χ1) is 12.1. The van der Waals surface area contributed by atoms with E-state index >= 15 is 0 Å². The van der Waals surface area contributed by atoms with E-state index < -0.39 is 0 Å². The summed E-state index contributed by atoms with van der Waals surface area (Å²) in [4.78, 5) is 0. The molecule has 0 unspecified atom stereocenters. The van der Waals surface area contributed by atoms with Crippen molar-refractivity contribution < 1.29 is 9.84 Å². The summed E-state index contributed by atoms with van der Waals surface area (Å²) in [7, 11) is 0. The van der Waals surface area contributed by atoms with Gasteiger partial charge in [0.05, 0.1) is 5.92 Å². The Hall–Kier alpha value is -3.45. The van der Waals surface area contributed by atoms with Crippen molar-refractivity contribution >= 4 is 10.8 Å². The SMILES string of the molecule is Cc1ccc([C@@H]2C(C#N)=C(N)Oc3ccc4ccc(O)cc4c32)cc1. The standard InChI is InChI=1S/C21H16N2O2/c1-12-2-4-14(5-3-12)19-17(11-22)21(23)25-18-9-7-13-6-8-15(24)10-16(13)20(18)19/h2-10,19,24H,23H2,1H3/t19-/m1/s1. The van der Waals surface area contributed by atoms with E-state index in [4.69, 9.17) is 10.5 Å². The number of fused-ring (bicyclic) bond motifs is 3. The van der Waals surface area contributed by atoms with Gasteiger partial charge in [0.1, 0.15) is 23.1 Å². The third-order valence-electron chi connectivity index (χ3n) is 4.60. The van der Waals surface area contributed by atoms with Crippen LogP contribution in [0.5, 0.6) is 11.5 Å². The maximum Gasteiger partial charge on any atom is 0.205 e. The molecule has 0 saturated carbocycles. The van der Waals surface area contributed by atoms with Crippen molar-refractivity contribution in [3.63, 3.8) is 0 Å². The molecule has 1 aliphatic rings. The molecule has 3 aromatic carbocycles. The predicted octanol–water partition coefficient (Wildman–Crippen LogP) is 4.07. The highest BCUT2D eigenvalue weighted by molar-refractivity contribution is 5.91. The van der Waals surface area contributed by atoms with Gasteiger partial charge in [0.15, 0.2) is 0 Å². The molecular weight excluding hydrogens is 312 g/mol. The minimum atomic E-state index is -0.333. The van der Waals surface area contributed by atoms with E-state index in [2.05, 4.69) is 6.07 Å². The van der Waals surface area contributed by atoms with E-state index in [0.29, 0.717) is 11.3 Å². The Morgan fingerprint density at radius 2 is 1.80 bits per heavy atom. The van der Waals surface area contributed by atoms with Crippen molar-refractivity contribution in [3.8, 4) is 17.6 Å². The minimum absolute atomic E-state index is 0.125. The van der Waals surface area contributed by atoms with Crippen molar-refractivity contribution in [1.29, 1.82) is 5.26 Å². The van der Waals surface area contributed by atoms with Gasteiger partial charge in [-0.25, -0.2) is 0 Å². The average Bonchev–Trinajstić information content (AvgIpc) is 2.61. The van der Waals surface area contributed by atoms with Crippen LogP contribution in [0.25, 0.3) is 10.8 Å². The largest absolute Gasteiger partial charge is 0.508 e. The monoisotopic (exact) mass is 328 g/mol. The summed E-state index contributed by atoms with van der Waals surface area (Å²) in [6.07, 6.45) is 0. The van der Waals surface area contributed by atoms with Gasteiger partial charge in [0, 0.05) is 5.56 Å². The summed E-state index contributed by atoms with van der Waals surface area (Å²) in [6, 6.07) is 19.2. The average molecular weight is 328 g/mol. The zero-order valence-corrected chi connectivity index (χ0v) is 13.7. The first-order valence-electron chi connectivity index (χ1n) is 7.98. The Morgan fingerprint density at radius 1 is 1.08 bits per heavy atom. The molecule has 1 aliphatic heterocycles. The summed E-state index contributed by atoms with van der Waals surface area (Å²) in [6.45, 7) is 2.02. The van der Waals surface area contributed by atoms with Crippen molar-refractivity contribution in [2.75, 3.05) is 0 Å². The molecule has 0 bridgehead atoms. The van der Waals surface area contributed by atoms with Crippen LogP contribution >= 0.6 is 0 Å². The van der Waals surface area contributed by atoms with Crippen LogP contribution in [0, 0.1) is 18.3 Å². The first-order valence-corrected chi connectivity index (χ1v) is 7.98. The van der Waals surface area contributed by atoms with Crippen LogP contribution in [0.1, 0.15) is 22.6 Å². The van der Waals surface area contributed by atoms with Crippen LogP contribution < -0.4 is 10.5 Å². The molecule has 4 heteroatoms. The maximum atomic E-state index is 9.96. The fourth-order valence-electron chi connectivity index (χ4n) is 3.37. The number of allylic oxidation sites excluding steroid dienone is 1. The molecular formula is C21H16N2O2. The second kappa shape index (κ2) is 5.57. The fraction of sp³-hybridized carbons (Fsp3) is 0.0952. The van der Waals surface area contributed by atoms with Gasteiger partial charge in [0.2, 0.25) is 5.88 Å². The fourth-order valence-corrected chi connectivity index (χ4v) is 3.37. The second-order valence-electron chi connectivity index (χ2n) is 6.22. The zero-order chi connectivity index (χ0) is 17.6. The third-order valence-corrected chi connectivity index (χ3v) is 4.60. The van der Waals surface area contributed by atoms with Crippen LogP contribution in [0.15, 0.2) is 66.1 Å². The quantitative estimate of drug-likeness (QED) is 0.705. The molecule has 4 rings (SSSR count). The van der Waals surface area contributed by atoms with Crippen molar-refractivity contribution in [2.24, 2.45) is 5.73 Å². The molecule has 3 N–H and O–H groups in total. The Kier molecular flexibility index (Phi) is 3.36. The van der Waals surface area contributed by atoms with E-state index in [1.165, 1.54) is 0 Å². The second-order valence-corrected chi connectivity index (χ2v) is 6.22. The molecule has 0 spiro atoms.